The number of amides is 1. The molecule has 3 nitrogen and oxygen atoms in total. The average Bonchev–Trinajstić information content (AvgIpc) is 2.27. The number of anilines is 1. The Kier molecular flexibility index (Phi) is 3.29. The Hall–Kier alpha value is -1.22. The van der Waals surface area contributed by atoms with Gasteiger partial charge in [-0.1, -0.05) is 25.4 Å². The van der Waals surface area contributed by atoms with E-state index in [1.807, 2.05) is 26.8 Å². The van der Waals surface area contributed by atoms with Crippen LogP contribution in [0.1, 0.15) is 20.8 Å². The molecule has 0 N–H and O–H groups in total. The maximum atomic E-state index is 12.1. The molecule has 1 aromatic carbocycles. The fourth-order valence-electron chi connectivity index (χ4n) is 1.93. The van der Waals surface area contributed by atoms with Crippen LogP contribution in [-0.2, 0) is 4.79 Å². The van der Waals surface area contributed by atoms with Crippen molar-refractivity contribution in [2.75, 3.05) is 11.4 Å². The molecule has 17 heavy (non-hydrogen) atoms. The molecule has 1 aromatic rings. The van der Waals surface area contributed by atoms with E-state index in [-0.39, 0.29) is 17.9 Å². The molecule has 1 aliphatic rings. The monoisotopic (exact) mass is 253 g/mol. The van der Waals surface area contributed by atoms with Gasteiger partial charge < -0.3 is 9.64 Å². The Morgan fingerprint density at radius 2 is 2.24 bits per heavy atom. The Balaban J connectivity index is 2.42. The first-order chi connectivity index (χ1) is 7.99. The maximum absolute atomic E-state index is 12.1. The molecule has 0 bridgehead atoms. The van der Waals surface area contributed by atoms with E-state index >= 15 is 0 Å². The molecule has 0 radical (unpaired) electrons. The van der Waals surface area contributed by atoms with Crippen molar-refractivity contribution in [3.63, 3.8) is 0 Å². The molecule has 0 aromatic heterocycles. The predicted octanol–water partition coefficient (Wildman–Crippen LogP) is 3.11. The summed E-state index contributed by atoms with van der Waals surface area (Å²) in [5.74, 6) is 0.790. The maximum Gasteiger partial charge on any atom is 0.229 e. The number of hydrogen-bond acceptors (Lipinski definition) is 2. The van der Waals surface area contributed by atoms with Crippen LogP contribution in [0.5, 0.6) is 5.75 Å². The summed E-state index contributed by atoms with van der Waals surface area (Å²) in [5, 5.41) is 0.614. The van der Waals surface area contributed by atoms with Crippen molar-refractivity contribution >= 4 is 23.2 Å². The van der Waals surface area contributed by atoms with Gasteiger partial charge in [-0.05, 0) is 25.1 Å². The first kappa shape index (κ1) is 12.2. The third kappa shape index (κ3) is 2.39. The van der Waals surface area contributed by atoms with Gasteiger partial charge in [-0.3, -0.25) is 4.79 Å². The minimum Gasteiger partial charge on any atom is -0.487 e. The molecule has 0 unspecified atom stereocenters. The normalized spacial score (nSPS) is 18.9. The standard InChI is InChI=1S/C13H16ClNO2/c1-8(2)13(16)15-7-9(3)17-12-5-4-10(14)6-11(12)15/h4-6,8-9H,7H2,1-3H3/t9-/m1/s1. The van der Waals surface area contributed by atoms with Gasteiger partial charge in [0.05, 0.1) is 12.2 Å². The molecular formula is C13H16ClNO2. The summed E-state index contributed by atoms with van der Waals surface area (Å²) in [6.45, 7) is 6.32. The van der Waals surface area contributed by atoms with E-state index < -0.39 is 0 Å². The summed E-state index contributed by atoms with van der Waals surface area (Å²) in [4.78, 5) is 13.9. The van der Waals surface area contributed by atoms with E-state index in [0.29, 0.717) is 11.6 Å². The molecule has 92 valence electrons. The van der Waals surface area contributed by atoms with Crippen LogP contribution in [0, 0.1) is 5.92 Å². The van der Waals surface area contributed by atoms with Gasteiger partial charge in [0.25, 0.3) is 0 Å². The molecule has 1 heterocycles. The number of fused-ring (bicyclic) bond motifs is 1. The van der Waals surface area contributed by atoms with Gasteiger partial charge in [-0.25, -0.2) is 0 Å². The number of rotatable bonds is 1. The lowest BCUT2D eigenvalue weighted by Gasteiger charge is -2.34. The van der Waals surface area contributed by atoms with Crippen molar-refractivity contribution in [1.29, 1.82) is 0 Å². The summed E-state index contributed by atoms with van der Waals surface area (Å²) < 4.78 is 5.69. The third-order valence-corrected chi connectivity index (χ3v) is 2.97. The zero-order chi connectivity index (χ0) is 12.6. The number of benzene rings is 1. The van der Waals surface area contributed by atoms with Crippen LogP contribution >= 0.6 is 11.6 Å². The summed E-state index contributed by atoms with van der Waals surface area (Å²) in [5.41, 5.74) is 0.773. The molecule has 0 aliphatic carbocycles. The summed E-state index contributed by atoms with van der Waals surface area (Å²) in [7, 11) is 0. The lowest BCUT2D eigenvalue weighted by Crippen LogP contribution is -2.44. The SMILES string of the molecule is CC(C)C(=O)N1C[C@@H](C)Oc2ccc(Cl)cc21. The van der Waals surface area contributed by atoms with Crippen LogP contribution in [0.2, 0.25) is 5.02 Å². The highest BCUT2D eigenvalue weighted by Gasteiger charge is 2.28. The molecular weight excluding hydrogens is 238 g/mol. The largest absolute Gasteiger partial charge is 0.487 e. The fraction of sp³-hybridized carbons (Fsp3) is 0.462. The predicted molar refractivity (Wildman–Crippen MR) is 68.7 cm³/mol. The van der Waals surface area contributed by atoms with Crippen LogP contribution in [0.15, 0.2) is 18.2 Å². The number of nitrogens with zero attached hydrogens (tertiary/aromatic N) is 1. The summed E-state index contributed by atoms with van der Waals surface area (Å²) >= 11 is 5.97. The molecule has 4 heteroatoms. The lowest BCUT2D eigenvalue weighted by atomic mass is 10.1. The van der Waals surface area contributed by atoms with Gasteiger partial charge in [0, 0.05) is 10.9 Å². The van der Waals surface area contributed by atoms with Gasteiger partial charge >= 0.3 is 0 Å². The van der Waals surface area contributed by atoms with E-state index in [1.165, 1.54) is 0 Å². The van der Waals surface area contributed by atoms with Crippen LogP contribution in [0.4, 0.5) is 5.69 Å². The lowest BCUT2D eigenvalue weighted by molar-refractivity contribution is -0.121. The first-order valence-electron chi connectivity index (χ1n) is 5.76. The molecule has 1 amide bonds. The molecule has 1 aliphatic heterocycles. The topological polar surface area (TPSA) is 29.5 Å². The first-order valence-corrected chi connectivity index (χ1v) is 6.14. The highest BCUT2D eigenvalue weighted by Crippen LogP contribution is 2.36. The van der Waals surface area contributed by atoms with Gasteiger partial charge in [-0.2, -0.15) is 0 Å². The van der Waals surface area contributed by atoms with Crippen LogP contribution in [0.25, 0.3) is 0 Å². The summed E-state index contributed by atoms with van der Waals surface area (Å²) in [6.07, 6.45) is 0.00590. The van der Waals surface area contributed by atoms with Crippen LogP contribution in [-0.4, -0.2) is 18.6 Å². The van der Waals surface area contributed by atoms with Crippen LogP contribution in [0.3, 0.4) is 0 Å². The smallest absolute Gasteiger partial charge is 0.229 e. The second-order valence-electron chi connectivity index (χ2n) is 4.64. The van der Waals surface area contributed by atoms with Crippen LogP contribution < -0.4 is 9.64 Å². The molecule has 2 rings (SSSR count). The zero-order valence-corrected chi connectivity index (χ0v) is 11.0. The van der Waals surface area contributed by atoms with E-state index in [9.17, 15) is 4.79 Å². The molecule has 1 atom stereocenters. The quantitative estimate of drug-likeness (QED) is 0.770. The minimum absolute atomic E-state index is 0.00590. The second-order valence-corrected chi connectivity index (χ2v) is 5.08. The molecule has 0 saturated heterocycles. The van der Waals surface area contributed by atoms with Gasteiger partial charge in [-0.15, -0.1) is 0 Å². The second kappa shape index (κ2) is 4.57. The Morgan fingerprint density at radius 3 is 2.88 bits per heavy atom. The van der Waals surface area contributed by atoms with E-state index in [1.54, 1.807) is 17.0 Å². The van der Waals surface area contributed by atoms with E-state index in [2.05, 4.69) is 0 Å². The number of hydrogen-bond donors (Lipinski definition) is 0. The van der Waals surface area contributed by atoms with Crippen molar-refractivity contribution < 1.29 is 9.53 Å². The third-order valence-electron chi connectivity index (χ3n) is 2.74. The zero-order valence-electron chi connectivity index (χ0n) is 10.2. The van der Waals surface area contributed by atoms with E-state index in [0.717, 1.165) is 11.4 Å². The summed E-state index contributed by atoms with van der Waals surface area (Å²) in [6, 6.07) is 5.37. The van der Waals surface area contributed by atoms with Crippen molar-refractivity contribution in [1.82, 2.24) is 0 Å². The average molecular weight is 254 g/mol. The van der Waals surface area contributed by atoms with Crippen molar-refractivity contribution in [2.24, 2.45) is 5.92 Å². The Morgan fingerprint density at radius 1 is 1.53 bits per heavy atom. The molecule has 0 fully saturated rings. The van der Waals surface area contributed by atoms with Crippen molar-refractivity contribution in [3.05, 3.63) is 23.2 Å². The van der Waals surface area contributed by atoms with Crippen molar-refractivity contribution in [2.45, 2.75) is 26.9 Å². The molecule has 0 saturated carbocycles. The Bertz CT molecular complexity index is 445. The van der Waals surface area contributed by atoms with Crippen molar-refractivity contribution in [3.8, 4) is 5.75 Å². The van der Waals surface area contributed by atoms with E-state index in [4.69, 9.17) is 16.3 Å². The highest BCUT2D eigenvalue weighted by molar-refractivity contribution is 6.31. The van der Waals surface area contributed by atoms with Gasteiger partial charge in [0.2, 0.25) is 5.91 Å². The molecule has 0 spiro atoms. The number of ether oxygens (including phenoxy) is 1. The van der Waals surface area contributed by atoms with Gasteiger partial charge in [0.1, 0.15) is 11.9 Å². The Labute approximate surface area is 106 Å². The number of carbonyl (C=O) groups is 1. The minimum atomic E-state index is -0.0351. The number of carbonyl (C=O) groups excluding carboxylic acids is 1. The highest BCUT2D eigenvalue weighted by atomic mass is 35.5. The van der Waals surface area contributed by atoms with Gasteiger partial charge in [0.15, 0.2) is 0 Å². The number of halogens is 1. The fourth-order valence-corrected chi connectivity index (χ4v) is 2.10.